The Morgan fingerprint density at radius 1 is 1.40 bits per heavy atom. The van der Waals surface area contributed by atoms with Crippen molar-refractivity contribution in [3.63, 3.8) is 0 Å². The molecule has 6 nitrogen and oxygen atoms in total. The third-order valence-corrected chi connectivity index (χ3v) is 4.43. The van der Waals surface area contributed by atoms with Crippen LogP contribution in [-0.2, 0) is 0 Å². The summed E-state index contributed by atoms with van der Waals surface area (Å²) < 4.78 is 0. The van der Waals surface area contributed by atoms with Gasteiger partial charge in [-0.1, -0.05) is 0 Å². The van der Waals surface area contributed by atoms with Gasteiger partial charge in [-0.05, 0) is 45.2 Å². The minimum Gasteiger partial charge on any atom is -0.367 e. The van der Waals surface area contributed by atoms with Gasteiger partial charge in [-0.25, -0.2) is 4.98 Å². The standard InChI is InChI=1S/C14H20N4O2/c1-10-13(18(19)20)4-5-14(15-10)16-11-6-8-17-7-2-3-12(17)9-11/h4-5,11-12H,2-3,6-9H2,1H3,(H,15,16). The smallest absolute Gasteiger partial charge is 0.290 e. The summed E-state index contributed by atoms with van der Waals surface area (Å²) in [4.78, 5) is 17.3. The molecule has 1 aromatic heterocycles. The highest BCUT2D eigenvalue weighted by Gasteiger charge is 2.31. The van der Waals surface area contributed by atoms with E-state index in [1.54, 1.807) is 13.0 Å². The summed E-state index contributed by atoms with van der Waals surface area (Å²) in [6, 6.07) is 4.39. The summed E-state index contributed by atoms with van der Waals surface area (Å²) in [5.74, 6) is 0.754. The zero-order valence-corrected chi connectivity index (χ0v) is 11.7. The van der Waals surface area contributed by atoms with E-state index in [1.807, 2.05) is 0 Å². The van der Waals surface area contributed by atoms with Crippen LogP contribution in [0.15, 0.2) is 12.1 Å². The molecule has 0 amide bonds. The highest BCUT2D eigenvalue weighted by atomic mass is 16.6. The van der Waals surface area contributed by atoms with Crippen LogP contribution in [0.2, 0.25) is 0 Å². The zero-order valence-electron chi connectivity index (χ0n) is 11.7. The maximum Gasteiger partial charge on any atom is 0.290 e. The normalized spacial score (nSPS) is 26.2. The molecule has 0 saturated carbocycles. The predicted octanol–water partition coefficient (Wildman–Crippen LogP) is 2.34. The Balaban J connectivity index is 1.66. The third-order valence-electron chi connectivity index (χ3n) is 4.43. The number of nitrogens with zero attached hydrogens (tertiary/aromatic N) is 3. The molecule has 2 saturated heterocycles. The van der Waals surface area contributed by atoms with Gasteiger partial charge in [-0.3, -0.25) is 10.1 Å². The van der Waals surface area contributed by atoms with Crippen LogP contribution < -0.4 is 5.32 Å². The second-order valence-corrected chi connectivity index (χ2v) is 5.76. The number of fused-ring (bicyclic) bond motifs is 1. The van der Waals surface area contributed by atoms with E-state index in [0.717, 1.165) is 25.2 Å². The highest BCUT2D eigenvalue weighted by molar-refractivity contribution is 5.45. The van der Waals surface area contributed by atoms with Crippen molar-refractivity contribution in [2.24, 2.45) is 0 Å². The topological polar surface area (TPSA) is 71.3 Å². The molecule has 20 heavy (non-hydrogen) atoms. The van der Waals surface area contributed by atoms with Crippen molar-refractivity contribution in [2.45, 2.75) is 44.7 Å². The lowest BCUT2D eigenvalue weighted by atomic mass is 9.97. The molecule has 0 radical (unpaired) electrons. The fourth-order valence-corrected chi connectivity index (χ4v) is 3.39. The van der Waals surface area contributed by atoms with Crippen molar-refractivity contribution >= 4 is 11.5 Å². The van der Waals surface area contributed by atoms with Gasteiger partial charge in [0.2, 0.25) is 0 Å². The fourth-order valence-electron chi connectivity index (χ4n) is 3.39. The Hall–Kier alpha value is -1.69. The number of nitro groups is 1. The van der Waals surface area contributed by atoms with Crippen molar-refractivity contribution in [2.75, 3.05) is 18.4 Å². The summed E-state index contributed by atoms with van der Waals surface area (Å²) in [5.41, 5.74) is 0.555. The summed E-state index contributed by atoms with van der Waals surface area (Å²) >= 11 is 0. The molecule has 2 aliphatic heterocycles. The molecular formula is C14H20N4O2. The Bertz CT molecular complexity index is 520. The number of rotatable bonds is 3. The first-order valence-corrected chi connectivity index (χ1v) is 7.26. The van der Waals surface area contributed by atoms with Crippen molar-refractivity contribution in [3.05, 3.63) is 27.9 Å². The largest absolute Gasteiger partial charge is 0.367 e. The lowest BCUT2D eigenvalue weighted by Gasteiger charge is -2.35. The number of pyridine rings is 1. The molecule has 3 heterocycles. The fraction of sp³-hybridized carbons (Fsp3) is 0.643. The number of aromatic nitrogens is 1. The van der Waals surface area contributed by atoms with E-state index < -0.39 is 0 Å². The van der Waals surface area contributed by atoms with Gasteiger partial charge in [-0.2, -0.15) is 0 Å². The van der Waals surface area contributed by atoms with E-state index in [9.17, 15) is 10.1 Å². The van der Waals surface area contributed by atoms with Gasteiger partial charge in [0.25, 0.3) is 5.69 Å². The van der Waals surface area contributed by atoms with E-state index in [4.69, 9.17) is 0 Å². The minimum absolute atomic E-state index is 0.0844. The average molecular weight is 276 g/mol. The first-order chi connectivity index (χ1) is 9.63. The molecule has 1 N–H and O–H groups in total. The number of aryl methyl sites for hydroxylation is 1. The van der Waals surface area contributed by atoms with Crippen molar-refractivity contribution in [1.29, 1.82) is 0 Å². The van der Waals surface area contributed by atoms with Crippen LogP contribution in [-0.4, -0.2) is 40.0 Å². The summed E-state index contributed by atoms with van der Waals surface area (Å²) in [5, 5.41) is 14.2. The zero-order chi connectivity index (χ0) is 14.1. The van der Waals surface area contributed by atoms with E-state index in [0.29, 0.717) is 17.8 Å². The van der Waals surface area contributed by atoms with Gasteiger partial charge in [0.05, 0.1) is 4.92 Å². The van der Waals surface area contributed by atoms with Crippen LogP contribution >= 0.6 is 0 Å². The Labute approximate surface area is 118 Å². The van der Waals surface area contributed by atoms with Crippen LogP contribution in [0, 0.1) is 17.0 Å². The van der Waals surface area contributed by atoms with Gasteiger partial charge in [0.1, 0.15) is 11.5 Å². The Morgan fingerprint density at radius 2 is 2.25 bits per heavy atom. The lowest BCUT2D eigenvalue weighted by Crippen LogP contribution is -2.42. The molecule has 2 fully saturated rings. The first kappa shape index (κ1) is 13.3. The van der Waals surface area contributed by atoms with E-state index in [1.165, 1.54) is 25.5 Å². The third kappa shape index (κ3) is 2.60. The highest BCUT2D eigenvalue weighted by Crippen LogP contribution is 2.28. The van der Waals surface area contributed by atoms with E-state index in [2.05, 4.69) is 15.2 Å². The number of piperidine rings is 1. The van der Waals surface area contributed by atoms with Gasteiger partial charge in [-0.15, -0.1) is 0 Å². The van der Waals surface area contributed by atoms with Gasteiger partial charge in [0, 0.05) is 24.7 Å². The quantitative estimate of drug-likeness (QED) is 0.677. The first-order valence-electron chi connectivity index (χ1n) is 7.26. The van der Waals surface area contributed by atoms with Crippen molar-refractivity contribution in [1.82, 2.24) is 9.88 Å². The Kier molecular flexibility index (Phi) is 3.56. The predicted molar refractivity (Wildman–Crippen MR) is 76.9 cm³/mol. The second-order valence-electron chi connectivity index (χ2n) is 5.76. The van der Waals surface area contributed by atoms with Crippen molar-refractivity contribution in [3.8, 4) is 0 Å². The summed E-state index contributed by atoms with van der Waals surface area (Å²) in [7, 11) is 0. The van der Waals surface area contributed by atoms with Gasteiger partial charge >= 0.3 is 0 Å². The van der Waals surface area contributed by atoms with Crippen LogP contribution in [0.3, 0.4) is 0 Å². The number of hydrogen-bond donors (Lipinski definition) is 1. The van der Waals surface area contributed by atoms with Crippen LogP contribution in [0.4, 0.5) is 11.5 Å². The molecule has 6 heteroatoms. The molecule has 2 aliphatic rings. The van der Waals surface area contributed by atoms with E-state index in [-0.39, 0.29) is 10.6 Å². The number of hydrogen-bond acceptors (Lipinski definition) is 5. The van der Waals surface area contributed by atoms with Crippen molar-refractivity contribution < 1.29 is 4.92 Å². The molecule has 0 aromatic carbocycles. The Morgan fingerprint density at radius 3 is 3.00 bits per heavy atom. The van der Waals surface area contributed by atoms with Gasteiger partial charge in [0.15, 0.2) is 0 Å². The van der Waals surface area contributed by atoms with Crippen LogP contribution in [0.25, 0.3) is 0 Å². The maximum atomic E-state index is 10.8. The molecule has 0 spiro atoms. The van der Waals surface area contributed by atoms with Crippen LogP contribution in [0.1, 0.15) is 31.4 Å². The van der Waals surface area contributed by atoms with Gasteiger partial charge < -0.3 is 10.2 Å². The number of anilines is 1. The molecule has 3 rings (SSSR count). The molecule has 1 aromatic rings. The minimum atomic E-state index is -0.386. The maximum absolute atomic E-state index is 10.8. The van der Waals surface area contributed by atoms with E-state index >= 15 is 0 Å². The molecule has 2 unspecified atom stereocenters. The molecule has 0 aliphatic carbocycles. The molecule has 2 atom stereocenters. The summed E-state index contributed by atoms with van der Waals surface area (Å²) in [6.45, 7) is 4.07. The molecule has 108 valence electrons. The molecule has 0 bridgehead atoms. The lowest BCUT2D eigenvalue weighted by molar-refractivity contribution is -0.385. The average Bonchev–Trinajstić information content (AvgIpc) is 2.85. The SMILES string of the molecule is Cc1nc(NC2CCN3CCCC3C2)ccc1[N+](=O)[O-]. The van der Waals surface area contributed by atoms with Crippen LogP contribution in [0.5, 0.6) is 0 Å². The molecular weight excluding hydrogens is 256 g/mol. The number of nitrogens with one attached hydrogen (secondary N) is 1. The second kappa shape index (κ2) is 5.36. The monoisotopic (exact) mass is 276 g/mol. The summed E-state index contributed by atoms with van der Waals surface area (Å²) in [6.07, 6.45) is 4.88.